The quantitative estimate of drug-likeness (QED) is 0.893. The fraction of sp³-hybridized carbons (Fsp3) is 0.316. The number of carbonyl (C=O) groups excluding carboxylic acids is 1. The van der Waals surface area contributed by atoms with E-state index in [1.807, 2.05) is 4.90 Å². The molecule has 5 nitrogen and oxygen atoms in total. The van der Waals surface area contributed by atoms with Crippen LogP contribution in [0.15, 0.2) is 42.5 Å². The first-order valence-electron chi connectivity index (χ1n) is 8.43. The molecular weight excluding hydrogens is 359 g/mol. The lowest BCUT2D eigenvalue weighted by Crippen LogP contribution is -2.46. The molecule has 0 aliphatic carbocycles. The summed E-state index contributed by atoms with van der Waals surface area (Å²) in [5.74, 6) is -0.584. The molecule has 1 amide bonds. The van der Waals surface area contributed by atoms with Gasteiger partial charge in [-0.15, -0.1) is 0 Å². The average molecular weight is 377 g/mol. The molecule has 2 aliphatic heterocycles. The number of carbonyl (C=O) groups is 1. The molecule has 0 bridgehead atoms. The summed E-state index contributed by atoms with van der Waals surface area (Å²) in [4.78, 5) is 16.2. The number of anilines is 1. The highest BCUT2D eigenvalue weighted by atomic mass is 35.5. The number of amides is 1. The molecule has 2 heterocycles. The van der Waals surface area contributed by atoms with Gasteiger partial charge in [0, 0.05) is 29.2 Å². The zero-order valence-corrected chi connectivity index (χ0v) is 14.7. The molecule has 26 heavy (non-hydrogen) atoms. The smallest absolute Gasteiger partial charge is 0.241 e. The number of aliphatic hydroxyl groups excluding tert-OH is 1. The van der Waals surface area contributed by atoms with E-state index >= 15 is 0 Å². The Morgan fingerprint density at radius 3 is 2.81 bits per heavy atom. The van der Waals surface area contributed by atoms with Crippen LogP contribution in [0.2, 0.25) is 5.02 Å². The minimum Gasteiger partial charge on any atom is -0.395 e. The van der Waals surface area contributed by atoms with Crippen LogP contribution in [0.25, 0.3) is 0 Å². The first-order chi connectivity index (χ1) is 12.6. The van der Waals surface area contributed by atoms with Crippen LogP contribution in [-0.4, -0.2) is 48.8 Å². The summed E-state index contributed by atoms with van der Waals surface area (Å²) in [7, 11) is 0. The monoisotopic (exact) mass is 376 g/mol. The molecule has 0 radical (unpaired) electrons. The van der Waals surface area contributed by atoms with Gasteiger partial charge in [0.15, 0.2) is 5.72 Å². The maximum Gasteiger partial charge on any atom is 0.241 e. The van der Waals surface area contributed by atoms with E-state index in [-0.39, 0.29) is 25.6 Å². The third-order valence-corrected chi connectivity index (χ3v) is 5.16. The fourth-order valence-electron chi connectivity index (χ4n) is 3.86. The molecule has 136 valence electrons. The number of ether oxygens (including phenoxy) is 1. The predicted molar refractivity (Wildman–Crippen MR) is 95.6 cm³/mol. The molecule has 1 saturated heterocycles. The summed E-state index contributed by atoms with van der Waals surface area (Å²) in [6.45, 7) is 0.878. The molecule has 0 saturated carbocycles. The number of aliphatic hydroxyl groups is 1. The molecule has 2 aliphatic rings. The van der Waals surface area contributed by atoms with E-state index < -0.39 is 11.5 Å². The summed E-state index contributed by atoms with van der Waals surface area (Å²) >= 11 is 6.25. The van der Waals surface area contributed by atoms with Gasteiger partial charge in [-0.3, -0.25) is 9.69 Å². The number of nitrogens with zero attached hydrogens (tertiary/aromatic N) is 2. The largest absolute Gasteiger partial charge is 0.395 e. The first kappa shape index (κ1) is 17.4. The van der Waals surface area contributed by atoms with Crippen molar-refractivity contribution >= 4 is 23.2 Å². The van der Waals surface area contributed by atoms with Crippen LogP contribution in [-0.2, 0) is 15.3 Å². The molecule has 0 unspecified atom stereocenters. The van der Waals surface area contributed by atoms with Crippen LogP contribution < -0.4 is 4.90 Å². The number of hydrogen-bond acceptors (Lipinski definition) is 4. The zero-order chi connectivity index (χ0) is 18.3. The van der Waals surface area contributed by atoms with Crippen molar-refractivity contribution in [3.63, 3.8) is 0 Å². The number of fused-ring (bicyclic) bond motifs is 3. The maximum atomic E-state index is 14.8. The first-order valence-corrected chi connectivity index (χ1v) is 8.81. The van der Waals surface area contributed by atoms with E-state index in [0.717, 1.165) is 0 Å². The summed E-state index contributed by atoms with van der Waals surface area (Å²) < 4.78 is 20.9. The lowest BCUT2D eigenvalue weighted by molar-refractivity contribution is -0.123. The van der Waals surface area contributed by atoms with Crippen LogP contribution >= 0.6 is 11.6 Å². The Morgan fingerprint density at radius 2 is 2.04 bits per heavy atom. The van der Waals surface area contributed by atoms with Gasteiger partial charge >= 0.3 is 0 Å². The predicted octanol–water partition coefficient (Wildman–Crippen LogP) is 2.35. The second kappa shape index (κ2) is 6.63. The Labute approximate surface area is 155 Å². The van der Waals surface area contributed by atoms with E-state index in [2.05, 4.69) is 0 Å². The van der Waals surface area contributed by atoms with Crippen molar-refractivity contribution in [2.75, 3.05) is 37.7 Å². The van der Waals surface area contributed by atoms with Gasteiger partial charge in [0.25, 0.3) is 0 Å². The maximum absolute atomic E-state index is 14.8. The van der Waals surface area contributed by atoms with Crippen LogP contribution in [0.4, 0.5) is 10.1 Å². The molecule has 1 atom stereocenters. The van der Waals surface area contributed by atoms with E-state index in [1.165, 1.54) is 11.0 Å². The lowest BCUT2D eigenvalue weighted by Gasteiger charge is -2.37. The fourth-order valence-corrected chi connectivity index (χ4v) is 4.04. The standard InChI is InChI=1S/C19H18ClFN2O3/c20-13-5-6-17-15(11-13)19(14-3-1-2-4-16(14)21)22(8-10-26-19)12-18(25)23(17)7-9-24/h1-6,11,24H,7-10,12H2/t19-/m0/s1. The topological polar surface area (TPSA) is 53.0 Å². The third-order valence-electron chi connectivity index (χ3n) is 4.92. The summed E-state index contributed by atoms with van der Waals surface area (Å²) in [5.41, 5.74) is 0.290. The highest BCUT2D eigenvalue weighted by molar-refractivity contribution is 6.30. The van der Waals surface area contributed by atoms with Gasteiger partial charge < -0.3 is 14.7 Å². The van der Waals surface area contributed by atoms with Crippen LogP contribution in [0.3, 0.4) is 0 Å². The van der Waals surface area contributed by atoms with Gasteiger partial charge in [-0.2, -0.15) is 0 Å². The van der Waals surface area contributed by atoms with Crippen LogP contribution in [0.1, 0.15) is 11.1 Å². The van der Waals surface area contributed by atoms with Gasteiger partial charge in [-0.05, 0) is 24.3 Å². The molecule has 0 aromatic heterocycles. The minimum absolute atomic E-state index is 0.0562. The number of halogens is 2. The second-order valence-electron chi connectivity index (χ2n) is 6.32. The van der Waals surface area contributed by atoms with Crippen LogP contribution in [0.5, 0.6) is 0 Å². The third kappa shape index (κ3) is 2.53. The Bertz CT molecular complexity index is 862. The van der Waals surface area contributed by atoms with Crippen molar-refractivity contribution in [2.45, 2.75) is 5.72 Å². The second-order valence-corrected chi connectivity index (χ2v) is 6.76. The number of rotatable bonds is 3. The van der Waals surface area contributed by atoms with Gasteiger partial charge in [-0.1, -0.05) is 29.8 Å². The van der Waals surface area contributed by atoms with E-state index in [0.29, 0.717) is 35.0 Å². The number of hydrogen-bond donors (Lipinski definition) is 1. The minimum atomic E-state index is -1.23. The van der Waals surface area contributed by atoms with Gasteiger partial charge in [0.1, 0.15) is 5.82 Å². The van der Waals surface area contributed by atoms with Crippen LogP contribution in [0, 0.1) is 5.82 Å². The van der Waals surface area contributed by atoms with Crippen molar-refractivity contribution in [3.8, 4) is 0 Å². The molecular formula is C19H18ClFN2O3. The molecule has 2 aromatic rings. The molecule has 0 spiro atoms. The molecule has 2 aromatic carbocycles. The average Bonchev–Trinajstić information content (AvgIpc) is 3.01. The normalized spacial score (nSPS) is 22.9. The SMILES string of the molecule is O=C1CN2CCO[C@@]2(c2ccccc2F)c2cc(Cl)ccc2N1CCO. The summed E-state index contributed by atoms with van der Waals surface area (Å²) in [5, 5.41) is 9.88. The van der Waals surface area contributed by atoms with Crippen molar-refractivity contribution in [1.29, 1.82) is 0 Å². The van der Waals surface area contributed by atoms with E-state index in [9.17, 15) is 14.3 Å². The van der Waals surface area contributed by atoms with Gasteiger partial charge in [0.05, 0.1) is 25.4 Å². The number of benzene rings is 2. The lowest BCUT2D eigenvalue weighted by atomic mass is 9.91. The van der Waals surface area contributed by atoms with E-state index in [4.69, 9.17) is 16.3 Å². The van der Waals surface area contributed by atoms with Crippen molar-refractivity contribution in [3.05, 3.63) is 64.4 Å². The molecule has 1 fully saturated rings. The highest BCUT2D eigenvalue weighted by Gasteiger charge is 2.52. The van der Waals surface area contributed by atoms with Crippen molar-refractivity contribution in [1.82, 2.24) is 4.90 Å². The van der Waals surface area contributed by atoms with Crippen molar-refractivity contribution < 1.29 is 19.0 Å². The zero-order valence-electron chi connectivity index (χ0n) is 14.0. The Morgan fingerprint density at radius 1 is 1.23 bits per heavy atom. The highest BCUT2D eigenvalue weighted by Crippen LogP contribution is 2.47. The summed E-state index contributed by atoms with van der Waals surface area (Å²) in [6, 6.07) is 11.5. The Hall–Kier alpha value is -1.99. The van der Waals surface area contributed by atoms with Crippen molar-refractivity contribution in [2.24, 2.45) is 0 Å². The van der Waals surface area contributed by atoms with Gasteiger partial charge in [-0.25, -0.2) is 4.39 Å². The molecule has 7 heteroatoms. The Kier molecular flexibility index (Phi) is 4.44. The summed E-state index contributed by atoms with van der Waals surface area (Å²) in [6.07, 6.45) is 0. The van der Waals surface area contributed by atoms with Gasteiger partial charge in [0.2, 0.25) is 5.91 Å². The molecule has 4 rings (SSSR count). The number of β-amino-alcohol motifs (C(OH)–C–C–N with tert-alkyl or cyclic N) is 1. The Balaban J connectivity index is 2.02. The van der Waals surface area contributed by atoms with E-state index in [1.54, 1.807) is 36.4 Å². The molecule has 1 N–H and O–H groups in total.